The number of hydrogen-bond acceptors (Lipinski definition) is 5. The lowest BCUT2D eigenvalue weighted by Crippen LogP contribution is -2.28. The van der Waals surface area contributed by atoms with E-state index in [1.54, 1.807) is 42.5 Å². The molecule has 3 aromatic rings. The number of anilines is 1. The van der Waals surface area contributed by atoms with Crippen LogP contribution in [-0.2, 0) is 11.3 Å². The molecule has 1 aromatic heterocycles. The number of rotatable bonds is 9. The van der Waals surface area contributed by atoms with E-state index in [9.17, 15) is 9.59 Å². The van der Waals surface area contributed by atoms with Crippen molar-refractivity contribution in [2.45, 2.75) is 24.7 Å². The maximum atomic E-state index is 12.5. The van der Waals surface area contributed by atoms with Crippen molar-refractivity contribution >= 4 is 40.9 Å². The van der Waals surface area contributed by atoms with Crippen molar-refractivity contribution in [3.8, 4) is 0 Å². The van der Waals surface area contributed by atoms with Crippen molar-refractivity contribution in [3.63, 3.8) is 0 Å². The molecule has 0 spiro atoms. The molecule has 3 rings (SSSR count). The first-order chi connectivity index (χ1) is 15.0. The molecule has 0 aliphatic carbocycles. The van der Waals surface area contributed by atoms with Crippen LogP contribution in [0.15, 0.2) is 72.4 Å². The zero-order chi connectivity index (χ0) is 22.2. The summed E-state index contributed by atoms with van der Waals surface area (Å²) in [5, 5.41) is 15.4. The molecule has 0 saturated heterocycles. The Kier molecular flexibility index (Phi) is 7.86. The van der Waals surface area contributed by atoms with Crippen molar-refractivity contribution in [3.05, 3.63) is 83.7 Å². The molecule has 1 heterocycles. The van der Waals surface area contributed by atoms with Crippen molar-refractivity contribution < 1.29 is 9.59 Å². The van der Waals surface area contributed by atoms with Crippen LogP contribution in [0.25, 0.3) is 0 Å². The molecule has 0 unspecified atom stereocenters. The SMILES string of the molecule is C=CCn1c(SCC(=O)Nc2ccc(Cl)cc2)nnc1[C@H](C)NC(=O)c1ccccc1. The highest BCUT2D eigenvalue weighted by atomic mass is 35.5. The summed E-state index contributed by atoms with van der Waals surface area (Å²) in [7, 11) is 0. The molecule has 160 valence electrons. The second kappa shape index (κ2) is 10.8. The molecule has 1 atom stereocenters. The van der Waals surface area contributed by atoms with Crippen LogP contribution in [-0.4, -0.2) is 32.3 Å². The van der Waals surface area contributed by atoms with Gasteiger partial charge in [-0.25, -0.2) is 0 Å². The van der Waals surface area contributed by atoms with Crippen molar-refractivity contribution in [1.29, 1.82) is 0 Å². The monoisotopic (exact) mass is 455 g/mol. The van der Waals surface area contributed by atoms with E-state index in [1.165, 1.54) is 11.8 Å². The second-order valence-corrected chi connectivity index (χ2v) is 8.02. The number of nitrogens with one attached hydrogen (secondary N) is 2. The first-order valence-corrected chi connectivity index (χ1v) is 10.9. The number of hydrogen-bond donors (Lipinski definition) is 2. The Bertz CT molecular complexity index is 1050. The lowest BCUT2D eigenvalue weighted by atomic mass is 10.2. The molecule has 0 aliphatic rings. The predicted molar refractivity (Wildman–Crippen MR) is 123 cm³/mol. The van der Waals surface area contributed by atoms with Crippen molar-refractivity contribution in [2.75, 3.05) is 11.1 Å². The molecule has 0 bridgehead atoms. The first kappa shape index (κ1) is 22.6. The van der Waals surface area contributed by atoms with E-state index in [2.05, 4.69) is 27.4 Å². The summed E-state index contributed by atoms with van der Waals surface area (Å²) in [4.78, 5) is 24.7. The molecular formula is C22H22ClN5O2S. The normalized spacial score (nSPS) is 11.5. The smallest absolute Gasteiger partial charge is 0.251 e. The average molecular weight is 456 g/mol. The summed E-state index contributed by atoms with van der Waals surface area (Å²) >= 11 is 7.12. The molecular weight excluding hydrogens is 434 g/mol. The number of halogens is 1. The number of benzene rings is 2. The van der Waals surface area contributed by atoms with E-state index in [-0.39, 0.29) is 23.6 Å². The summed E-state index contributed by atoms with van der Waals surface area (Å²) in [5.41, 5.74) is 1.23. The molecule has 2 N–H and O–H groups in total. The zero-order valence-corrected chi connectivity index (χ0v) is 18.5. The number of aromatic nitrogens is 3. The van der Waals surface area contributed by atoms with Gasteiger partial charge < -0.3 is 15.2 Å². The third kappa shape index (κ3) is 6.19. The van der Waals surface area contributed by atoms with Gasteiger partial charge >= 0.3 is 0 Å². The molecule has 0 radical (unpaired) electrons. The van der Waals surface area contributed by atoms with Gasteiger partial charge in [0.05, 0.1) is 11.8 Å². The van der Waals surface area contributed by atoms with Gasteiger partial charge in [-0.1, -0.05) is 47.6 Å². The maximum Gasteiger partial charge on any atom is 0.251 e. The highest BCUT2D eigenvalue weighted by molar-refractivity contribution is 7.99. The minimum absolute atomic E-state index is 0.155. The molecule has 9 heteroatoms. The van der Waals surface area contributed by atoms with Gasteiger partial charge in [0.15, 0.2) is 11.0 Å². The minimum atomic E-state index is -0.377. The third-order valence-corrected chi connectivity index (χ3v) is 5.51. The van der Waals surface area contributed by atoms with Crippen LogP contribution >= 0.6 is 23.4 Å². The van der Waals surface area contributed by atoms with E-state index in [4.69, 9.17) is 11.6 Å². The van der Waals surface area contributed by atoms with E-state index in [1.807, 2.05) is 29.7 Å². The molecule has 0 fully saturated rings. The highest BCUT2D eigenvalue weighted by Crippen LogP contribution is 2.22. The fraction of sp³-hybridized carbons (Fsp3) is 0.182. The number of amides is 2. The van der Waals surface area contributed by atoms with Crippen LogP contribution in [0.3, 0.4) is 0 Å². The number of allylic oxidation sites excluding steroid dienone is 1. The topological polar surface area (TPSA) is 88.9 Å². The van der Waals surface area contributed by atoms with Gasteiger partial charge in [0.25, 0.3) is 5.91 Å². The van der Waals surface area contributed by atoms with Gasteiger partial charge in [0, 0.05) is 22.8 Å². The standard InChI is InChI=1S/C22H22ClN5O2S/c1-3-13-28-20(15(2)24-21(30)16-7-5-4-6-8-16)26-27-22(28)31-14-19(29)25-18-11-9-17(23)10-12-18/h3-12,15H,1,13-14H2,2H3,(H,24,30)(H,25,29)/t15-/m0/s1. The Morgan fingerprint density at radius 2 is 1.87 bits per heavy atom. The fourth-order valence-electron chi connectivity index (χ4n) is 2.82. The molecule has 0 saturated carbocycles. The van der Waals surface area contributed by atoms with Gasteiger partial charge in [-0.2, -0.15) is 0 Å². The van der Waals surface area contributed by atoms with Crippen LogP contribution in [0.1, 0.15) is 29.1 Å². The summed E-state index contributed by atoms with van der Waals surface area (Å²) in [5.74, 6) is 0.373. The lowest BCUT2D eigenvalue weighted by Gasteiger charge is -2.15. The van der Waals surface area contributed by atoms with Crippen LogP contribution < -0.4 is 10.6 Å². The van der Waals surface area contributed by atoms with Gasteiger partial charge in [0.1, 0.15) is 0 Å². The molecule has 2 amide bonds. The molecule has 7 nitrogen and oxygen atoms in total. The first-order valence-electron chi connectivity index (χ1n) is 9.56. The predicted octanol–water partition coefficient (Wildman–Crippen LogP) is 4.34. The number of thioether (sulfide) groups is 1. The Labute approximate surface area is 189 Å². The summed E-state index contributed by atoms with van der Waals surface area (Å²) in [6, 6.07) is 15.5. The van der Waals surface area contributed by atoms with Gasteiger partial charge in [0.2, 0.25) is 5.91 Å². The summed E-state index contributed by atoms with van der Waals surface area (Å²) in [6.07, 6.45) is 1.72. The van der Waals surface area contributed by atoms with E-state index in [0.717, 1.165) is 0 Å². The second-order valence-electron chi connectivity index (χ2n) is 6.64. The van der Waals surface area contributed by atoms with E-state index in [0.29, 0.717) is 33.8 Å². The van der Waals surface area contributed by atoms with Crippen LogP contribution in [0, 0.1) is 0 Å². The van der Waals surface area contributed by atoms with E-state index < -0.39 is 0 Å². The molecule has 2 aromatic carbocycles. The molecule has 31 heavy (non-hydrogen) atoms. The van der Waals surface area contributed by atoms with Gasteiger partial charge in [-0.3, -0.25) is 9.59 Å². The van der Waals surface area contributed by atoms with Gasteiger partial charge in [-0.05, 0) is 43.3 Å². The lowest BCUT2D eigenvalue weighted by molar-refractivity contribution is -0.113. The largest absolute Gasteiger partial charge is 0.342 e. The van der Waals surface area contributed by atoms with Crippen LogP contribution in [0.2, 0.25) is 5.02 Å². The Hall–Kier alpha value is -3.10. The Morgan fingerprint density at radius 1 is 1.16 bits per heavy atom. The Morgan fingerprint density at radius 3 is 2.55 bits per heavy atom. The maximum absolute atomic E-state index is 12.5. The number of carbonyl (C=O) groups is 2. The molecule has 0 aliphatic heterocycles. The Balaban J connectivity index is 1.65. The van der Waals surface area contributed by atoms with Crippen molar-refractivity contribution in [1.82, 2.24) is 20.1 Å². The summed E-state index contributed by atoms with van der Waals surface area (Å²) < 4.78 is 1.84. The third-order valence-electron chi connectivity index (χ3n) is 4.29. The van der Waals surface area contributed by atoms with Crippen molar-refractivity contribution in [2.24, 2.45) is 0 Å². The van der Waals surface area contributed by atoms with Crippen LogP contribution in [0.4, 0.5) is 5.69 Å². The number of nitrogens with zero attached hydrogens (tertiary/aromatic N) is 3. The van der Waals surface area contributed by atoms with E-state index >= 15 is 0 Å². The van der Waals surface area contributed by atoms with Gasteiger partial charge in [-0.15, -0.1) is 16.8 Å². The average Bonchev–Trinajstić information content (AvgIpc) is 3.17. The number of carbonyl (C=O) groups excluding carboxylic acids is 2. The van der Waals surface area contributed by atoms with Crippen LogP contribution in [0.5, 0.6) is 0 Å². The fourth-order valence-corrected chi connectivity index (χ4v) is 3.70. The zero-order valence-electron chi connectivity index (χ0n) is 16.9. The highest BCUT2D eigenvalue weighted by Gasteiger charge is 2.20. The summed E-state index contributed by atoms with van der Waals surface area (Å²) in [6.45, 7) is 6.07. The quantitative estimate of drug-likeness (QED) is 0.370. The minimum Gasteiger partial charge on any atom is -0.342 e.